The largest absolute Gasteiger partial charge is 0.355 e. The molecule has 4 nitrogen and oxygen atoms in total. The number of unbranched alkanes of at least 4 members (excludes halogenated alkanes) is 1. The Morgan fingerprint density at radius 3 is 2.80 bits per heavy atom. The van der Waals surface area contributed by atoms with Crippen molar-refractivity contribution in [1.82, 2.24) is 10.8 Å². The second-order valence-corrected chi connectivity index (χ2v) is 2.04. The topological polar surface area (TPSA) is 61.4 Å². The molecule has 0 aromatic heterocycles. The van der Waals surface area contributed by atoms with E-state index in [-0.39, 0.29) is 12.5 Å². The summed E-state index contributed by atoms with van der Waals surface area (Å²) in [5, 5.41) is 10.7. The van der Waals surface area contributed by atoms with Crippen LogP contribution in [0.5, 0.6) is 0 Å². The lowest BCUT2D eigenvalue weighted by atomic mass is 10.3. The smallest absolute Gasteiger partial charge is 0.236 e. The highest BCUT2D eigenvalue weighted by atomic mass is 16.5. The van der Waals surface area contributed by atoms with Gasteiger partial charge in [0.2, 0.25) is 5.91 Å². The van der Waals surface area contributed by atoms with Gasteiger partial charge in [0.15, 0.2) is 0 Å². The average molecular weight is 146 g/mol. The number of carbonyl (C=O) groups is 1. The first-order chi connectivity index (χ1) is 4.81. The van der Waals surface area contributed by atoms with E-state index in [1.165, 1.54) is 0 Å². The van der Waals surface area contributed by atoms with Crippen LogP contribution in [0.3, 0.4) is 0 Å². The molecule has 0 spiro atoms. The van der Waals surface area contributed by atoms with E-state index in [4.69, 9.17) is 5.21 Å². The molecule has 3 N–H and O–H groups in total. The van der Waals surface area contributed by atoms with E-state index in [1.54, 1.807) is 5.48 Å². The van der Waals surface area contributed by atoms with E-state index in [2.05, 4.69) is 12.2 Å². The standard InChI is InChI=1S/C6H14N2O2/c1-2-3-4-7-6(9)5-8-10/h8,10H,2-5H2,1H3,(H,7,9). The molecule has 4 heteroatoms. The summed E-state index contributed by atoms with van der Waals surface area (Å²) < 4.78 is 0. The molecule has 0 aliphatic rings. The SMILES string of the molecule is CCCCNC(=O)CNO. The van der Waals surface area contributed by atoms with E-state index in [0.29, 0.717) is 6.54 Å². The first-order valence-electron chi connectivity index (χ1n) is 3.45. The molecule has 0 rings (SSSR count). The molecule has 0 atom stereocenters. The molecule has 0 saturated carbocycles. The summed E-state index contributed by atoms with van der Waals surface area (Å²) in [6.07, 6.45) is 2.05. The maximum absolute atomic E-state index is 10.6. The second-order valence-electron chi connectivity index (χ2n) is 2.04. The fraction of sp³-hybridized carbons (Fsp3) is 0.833. The first kappa shape index (κ1) is 9.39. The van der Waals surface area contributed by atoms with E-state index in [9.17, 15) is 4.79 Å². The maximum Gasteiger partial charge on any atom is 0.236 e. The Hall–Kier alpha value is -0.610. The molecule has 0 aromatic carbocycles. The van der Waals surface area contributed by atoms with Gasteiger partial charge in [-0.2, -0.15) is 5.48 Å². The Balaban J connectivity index is 3.05. The van der Waals surface area contributed by atoms with Crippen LogP contribution in [0.15, 0.2) is 0 Å². The summed E-state index contributed by atoms with van der Waals surface area (Å²) >= 11 is 0. The van der Waals surface area contributed by atoms with Gasteiger partial charge in [-0.25, -0.2) is 0 Å². The molecule has 0 unspecified atom stereocenters. The van der Waals surface area contributed by atoms with Crippen molar-refractivity contribution in [3.8, 4) is 0 Å². The number of hydrogen-bond acceptors (Lipinski definition) is 3. The van der Waals surface area contributed by atoms with Crippen LogP contribution in [0.2, 0.25) is 0 Å². The molecule has 0 aromatic rings. The van der Waals surface area contributed by atoms with Crippen LogP contribution in [-0.4, -0.2) is 24.2 Å². The molecule has 60 valence electrons. The van der Waals surface area contributed by atoms with Crippen LogP contribution in [0, 0.1) is 0 Å². The minimum atomic E-state index is -0.170. The van der Waals surface area contributed by atoms with Gasteiger partial charge in [-0.1, -0.05) is 13.3 Å². The monoisotopic (exact) mass is 146 g/mol. The molecule has 0 saturated heterocycles. The van der Waals surface area contributed by atoms with Gasteiger partial charge in [-0.05, 0) is 6.42 Å². The molecular formula is C6H14N2O2. The number of carbonyl (C=O) groups excluding carboxylic acids is 1. The Kier molecular flexibility index (Phi) is 6.11. The predicted molar refractivity (Wildman–Crippen MR) is 37.7 cm³/mol. The van der Waals surface area contributed by atoms with Crippen molar-refractivity contribution in [1.29, 1.82) is 0 Å². The fourth-order valence-electron chi connectivity index (χ4n) is 0.539. The molecule has 0 bridgehead atoms. The Morgan fingerprint density at radius 2 is 2.30 bits per heavy atom. The van der Waals surface area contributed by atoms with Crippen molar-refractivity contribution in [2.75, 3.05) is 13.1 Å². The van der Waals surface area contributed by atoms with Crippen molar-refractivity contribution in [3.63, 3.8) is 0 Å². The highest BCUT2D eigenvalue weighted by Gasteiger charge is 1.95. The maximum atomic E-state index is 10.6. The molecular weight excluding hydrogens is 132 g/mol. The average Bonchev–Trinajstić information content (AvgIpc) is 1.89. The minimum Gasteiger partial charge on any atom is -0.355 e. The zero-order chi connectivity index (χ0) is 7.82. The normalized spacial score (nSPS) is 9.40. The Labute approximate surface area is 60.6 Å². The van der Waals surface area contributed by atoms with E-state index < -0.39 is 0 Å². The number of amides is 1. The van der Waals surface area contributed by atoms with Crippen molar-refractivity contribution in [2.24, 2.45) is 0 Å². The zero-order valence-corrected chi connectivity index (χ0v) is 6.18. The lowest BCUT2D eigenvalue weighted by molar-refractivity contribution is -0.121. The fourth-order valence-corrected chi connectivity index (χ4v) is 0.539. The van der Waals surface area contributed by atoms with Crippen LogP contribution in [0.25, 0.3) is 0 Å². The lowest BCUT2D eigenvalue weighted by Crippen LogP contribution is -2.32. The van der Waals surface area contributed by atoms with Gasteiger partial charge in [0, 0.05) is 6.54 Å². The molecule has 0 aliphatic heterocycles. The van der Waals surface area contributed by atoms with E-state index >= 15 is 0 Å². The van der Waals surface area contributed by atoms with E-state index in [0.717, 1.165) is 12.8 Å². The van der Waals surface area contributed by atoms with E-state index in [1.807, 2.05) is 0 Å². The van der Waals surface area contributed by atoms with Gasteiger partial charge >= 0.3 is 0 Å². The van der Waals surface area contributed by atoms with Crippen LogP contribution >= 0.6 is 0 Å². The second kappa shape index (κ2) is 6.51. The molecule has 0 radical (unpaired) electrons. The van der Waals surface area contributed by atoms with Crippen molar-refractivity contribution < 1.29 is 10.0 Å². The summed E-state index contributed by atoms with van der Waals surface area (Å²) in [4.78, 5) is 10.6. The summed E-state index contributed by atoms with van der Waals surface area (Å²) in [6.45, 7) is 2.72. The number of nitrogens with one attached hydrogen (secondary N) is 2. The Morgan fingerprint density at radius 1 is 1.60 bits per heavy atom. The summed E-state index contributed by atoms with van der Waals surface area (Å²) in [6, 6.07) is 0. The Bertz CT molecular complexity index is 95.7. The summed E-state index contributed by atoms with van der Waals surface area (Å²) in [7, 11) is 0. The third-order valence-corrected chi connectivity index (χ3v) is 1.09. The molecule has 0 fully saturated rings. The summed E-state index contributed by atoms with van der Waals surface area (Å²) in [5.41, 5.74) is 1.78. The highest BCUT2D eigenvalue weighted by molar-refractivity contribution is 5.77. The van der Waals surface area contributed by atoms with Gasteiger partial charge in [0.25, 0.3) is 0 Å². The first-order valence-corrected chi connectivity index (χ1v) is 3.45. The van der Waals surface area contributed by atoms with Crippen LogP contribution in [0.1, 0.15) is 19.8 Å². The van der Waals surface area contributed by atoms with Gasteiger partial charge in [-0.15, -0.1) is 0 Å². The number of hydroxylamine groups is 1. The van der Waals surface area contributed by atoms with Gasteiger partial charge in [-0.3, -0.25) is 4.79 Å². The molecule has 0 heterocycles. The quantitative estimate of drug-likeness (QED) is 0.374. The molecule has 10 heavy (non-hydrogen) atoms. The number of rotatable bonds is 5. The third-order valence-electron chi connectivity index (χ3n) is 1.09. The van der Waals surface area contributed by atoms with Crippen LogP contribution in [-0.2, 0) is 4.79 Å². The van der Waals surface area contributed by atoms with Gasteiger partial charge < -0.3 is 10.5 Å². The van der Waals surface area contributed by atoms with Crippen LogP contribution < -0.4 is 10.8 Å². The summed E-state index contributed by atoms with van der Waals surface area (Å²) in [5.74, 6) is -0.170. The van der Waals surface area contributed by atoms with Gasteiger partial charge in [0.05, 0.1) is 6.54 Å². The minimum absolute atomic E-state index is 0.0241. The number of hydrogen-bond donors (Lipinski definition) is 3. The lowest BCUT2D eigenvalue weighted by Gasteiger charge is -2.01. The molecule has 0 aliphatic carbocycles. The van der Waals surface area contributed by atoms with Crippen LogP contribution in [0.4, 0.5) is 0 Å². The third kappa shape index (κ3) is 5.53. The predicted octanol–water partition coefficient (Wildman–Crippen LogP) is -0.119. The van der Waals surface area contributed by atoms with Crippen molar-refractivity contribution in [3.05, 3.63) is 0 Å². The zero-order valence-electron chi connectivity index (χ0n) is 6.18. The highest BCUT2D eigenvalue weighted by Crippen LogP contribution is 1.81. The molecule has 1 amide bonds. The van der Waals surface area contributed by atoms with Crippen molar-refractivity contribution in [2.45, 2.75) is 19.8 Å². The van der Waals surface area contributed by atoms with Gasteiger partial charge in [0.1, 0.15) is 0 Å². The van der Waals surface area contributed by atoms with Crippen molar-refractivity contribution >= 4 is 5.91 Å².